The van der Waals surface area contributed by atoms with Crippen molar-refractivity contribution in [1.29, 1.82) is 0 Å². The summed E-state index contributed by atoms with van der Waals surface area (Å²) in [6, 6.07) is 6.51. The Bertz CT molecular complexity index is 1360. The molecule has 0 aliphatic carbocycles. The van der Waals surface area contributed by atoms with Crippen molar-refractivity contribution >= 4 is 23.7 Å². The van der Waals surface area contributed by atoms with Crippen molar-refractivity contribution in [2.45, 2.75) is 31.5 Å². The molecular formula is C23H22F3N7O4. The number of rotatable bonds is 5. The van der Waals surface area contributed by atoms with Crippen LogP contribution in [0.15, 0.2) is 42.6 Å². The first kappa shape index (κ1) is 25.5. The van der Waals surface area contributed by atoms with Gasteiger partial charge in [0.25, 0.3) is 11.8 Å². The molecule has 0 saturated carbocycles. The number of nitrogens with one attached hydrogen (secondary N) is 1. The molecule has 1 aromatic carbocycles. The standard InChI is InChI=1S/C23H22F3N7O4/c24-23(25,26)14-8-9-29-16(11-14)30-21(35)13-6-4-12(5-7-13)17-18(19(27)34)33(28)20(31-17)15-3-1-2-10-32(15)22(36)37/h4-9,11,15H,1-3,10,28H2,(H2,27,34)(H,36,37)(H,29,30,35). The Kier molecular flexibility index (Phi) is 6.74. The van der Waals surface area contributed by atoms with Gasteiger partial charge in [-0.1, -0.05) is 12.1 Å². The van der Waals surface area contributed by atoms with Crippen molar-refractivity contribution in [3.63, 3.8) is 0 Å². The highest BCUT2D eigenvalue weighted by molar-refractivity contribution is 6.04. The lowest BCUT2D eigenvalue weighted by molar-refractivity contribution is -0.137. The second kappa shape index (κ2) is 9.79. The molecule has 1 saturated heterocycles. The Balaban J connectivity index is 1.62. The van der Waals surface area contributed by atoms with E-state index in [0.29, 0.717) is 31.0 Å². The molecule has 3 heterocycles. The highest BCUT2D eigenvalue weighted by Gasteiger charge is 2.34. The number of hydrogen-bond donors (Lipinski definition) is 4. The largest absolute Gasteiger partial charge is 0.465 e. The molecule has 11 nitrogen and oxygen atoms in total. The van der Waals surface area contributed by atoms with Gasteiger partial charge in [0.2, 0.25) is 0 Å². The number of piperidine rings is 1. The Morgan fingerprint density at radius 2 is 1.81 bits per heavy atom. The summed E-state index contributed by atoms with van der Waals surface area (Å²) in [6.07, 6.45) is -2.91. The van der Waals surface area contributed by atoms with Gasteiger partial charge in [-0.15, -0.1) is 0 Å². The Morgan fingerprint density at radius 3 is 2.43 bits per heavy atom. The zero-order valence-corrected chi connectivity index (χ0v) is 19.2. The molecule has 3 amide bonds. The molecule has 1 fully saturated rings. The van der Waals surface area contributed by atoms with E-state index in [2.05, 4.69) is 15.3 Å². The van der Waals surface area contributed by atoms with Crippen LogP contribution in [0.25, 0.3) is 11.3 Å². The SMILES string of the molecule is NC(=O)c1c(-c2ccc(C(=O)Nc3cc(C(F)(F)F)ccn3)cc2)nc(C2CCCCN2C(=O)O)n1N. The number of benzene rings is 1. The summed E-state index contributed by atoms with van der Waals surface area (Å²) in [5.74, 6) is 4.41. The monoisotopic (exact) mass is 517 g/mol. The number of nitrogens with two attached hydrogens (primary N) is 2. The van der Waals surface area contributed by atoms with E-state index < -0.39 is 35.7 Å². The normalized spacial score (nSPS) is 15.9. The maximum absolute atomic E-state index is 12.9. The zero-order valence-electron chi connectivity index (χ0n) is 19.2. The molecule has 194 valence electrons. The number of likely N-dealkylation sites (tertiary alicyclic amines) is 1. The van der Waals surface area contributed by atoms with Gasteiger partial charge in [-0.3, -0.25) is 14.5 Å². The molecule has 37 heavy (non-hydrogen) atoms. The van der Waals surface area contributed by atoms with Gasteiger partial charge in [0.1, 0.15) is 11.5 Å². The maximum Gasteiger partial charge on any atom is 0.416 e. The summed E-state index contributed by atoms with van der Waals surface area (Å²) in [6.45, 7) is 0.290. The summed E-state index contributed by atoms with van der Waals surface area (Å²) < 4.78 is 39.7. The van der Waals surface area contributed by atoms with Gasteiger partial charge in [-0.05, 0) is 43.5 Å². The predicted octanol–water partition coefficient (Wildman–Crippen LogP) is 3.23. The Morgan fingerprint density at radius 1 is 1.11 bits per heavy atom. The molecule has 1 atom stereocenters. The number of alkyl halides is 3. The molecule has 0 spiro atoms. The molecule has 4 rings (SSSR count). The quantitative estimate of drug-likeness (QED) is 0.377. The fourth-order valence-corrected chi connectivity index (χ4v) is 4.19. The number of anilines is 1. The second-order valence-electron chi connectivity index (χ2n) is 8.35. The minimum Gasteiger partial charge on any atom is -0.465 e. The van der Waals surface area contributed by atoms with Gasteiger partial charge in [0, 0.05) is 23.9 Å². The molecular weight excluding hydrogens is 495 g/mol. The average molecular weight is 517 g/mol. The number of pyridine rings is 1. The number of imidazole rings is 1. The van der Waals surface area contributed by atoms with Crippen LogP contribution in [0.2, 0.25) is 0 Å². The Labute approximate surface area is 207 Å². The lowest BCUT2D eigenvalue weighted by Crippen LogP contribution is -2.39. The predicted molar refractivity (Wildman–Crippen MR) is 125 cm³/mol. The molecule has 6 N–H and O–H groups in total. The van der Waals surface area contributed by atoms with E-state index >= 15 is 0 Å². The number of hydrogen-bond acceptors (Lipinski definition) is 6. The average Bonchev–Trinajstić information content (AvgIpc) is 3.21. The smallest absolute Gasteiger partial charge is 0.416 e. The second-order valence-corrected chi connectivity index (χ2v) is 8.35. The minimum atomic E-state index is -4.59. The number of carboxylic acid groups (broad SMARTS) is 1. The van der Waals surface area contributed by atoms with E-state index in [4.69, 9.17) is 11.6 Å². The fraction of sp³-hybridized carbons (Fsp3) is 0.261. The number of amides is 3. The molecule has 1 aliphatic heterocycles. The van der Waals surface area contributed by atoms with Crippen LogP contribution in [0, 0.1) is 0 Å². The van der Waals surface area contributed by atoms with Crippen LogP contribution in [0.5, 0.6) is 0 Å². The summed E-state index contributed by atoms with van der Waals surface area (Å²) in [4.78, 5) is 45.9. The molecule has 1 unspecified atom stereocenters. The van der Waals surface area contributed by atoms with Crippen LogP contribution in [0.3, 0.4) is 0 Å². The zero-order chi connectivity index (χ0) is 26.9. The lowest BCUT2D eigenvalue weighted by atomic mass is 10.0. The lowest BCUT2D eigenvalue weighted by Gasteiger charge is -2.32. The van der Waals surface area contributed by atoms with Crippen LogP contribution in [-0.4, -0.2) is 49.1 Å². The highest BCUT2D eigenvalue weighted by Crippen LogP contribution is 2.34. The number of nitrogens with zero attached hydrogens (tertiary/aromatic N) is 4. The molecule has 14 heteroatoms. The van der Waals surface area contributed by atoms with Gasteiger partial charge in [-0.2, -0.15) is 13.2 Å². The van der Waals surface area contributed by atoms with Gasteiger partial charge in [-0.25, -0.2) is 19.4 Å². The maximum atomic E-state index is 12.9. The van der Waals surface area contributed by atoms with Crippen LogP contribution < -0.4 is 16.9 Å². The summed E-state index contributed by atoms with van der Waals surface area (Å²) in [7, 11) is 0. The van der Waals surface area contributed by atoms with E-state index in [9.17, 15) is 32.7 Å². The molecule has 1 aliphatic rings. The topological polar surface area (TPSA) is 169 Å². The minimum absolute atomic E-state index is 0.0975. The van der Waals surface area contributed by atoms with E-state index in [1.807, 2.05) is 0 Å². The van der Waals surface area contributed by atoms with Gasteiger partial charge >= 0.3 is 12.3 Å². The van der Waals surface area contributed by atoms with Crippen LogP contribution in [-0.2, 0) is 6.18 Å². The van der Waals surface area contributed by atoms with Crippen molar-refractivity contribution in [3.8, 4) is 11.3 Å². The van der Waals surface area contributed by atoms with E-state index in [1.165, 1.54) is 29.2 Å². The van der Waals surface area contributed by atoms with Crippen molar-refractivity contribution in [3.05, 3.63) is 65.2 Å². The van der Waals surface area contributed by atoms with E-state index in [0.717, 1.165) is 23.4 Å². The molecule has 3 aromatic rings. The first-order valence-corrected chi connectivity index (χ1v) is 11.1. The summed E-state index contributed by atoms with van der Waals surface area (Å²) in [5, 5.41) is 11.9. The highest BCUT2D eigenvalue weighted by atomic mass is 19.4. The number of aromatic nitrogens is 3. The van der Waals surface area contributed by atoms with E-state index in [-0.39, 0.29) is 28.6 Å². The van der Waals surface area contributed by atoms with Crippen molar-refractivity contribution in [2.75, 3.05) is 17.7 Å². The van der Waals surface area contributed by atoms with Gasteiger partial charge < -0.3 is 22.0 Å². The van der Waals surface area contributed by atoms with Crippen molar-refractivity contribution < 1.29 is 32.7 Å². The Hall–Kier alpha value is -4.62. The van der Waals surface area contributed by atoms with Crippen LogP contribution >= 0.6 is 0 Å². The van der Waals surface area contributed by atoms with Crippen molar-refractivity contribution in [2.24, 2.45) is 5.73 Å². The number of primary amides is 1. The first-order valence-electron chi connectivity index (χ1n) is 11.1. The molecule has 2 aromatic heterocycles. The number of halogens is 3. The van der Waals surface area contributed by atoms with Gasteiger partial charge in [0.15, 0.2) is 11.5 Å². The van der Waals surface area contributed by atoms with Crippen molar-refractivity contribution in [1.82, 2.24) is 19.5 Å². The number of carbonyl (C=O) groups excluding carboxylic acids is 2. The third-order valence-corrected chi connectivity index (χ3v) is 5.97. The molecule has 0 bridgehead atoms. The van der Waals surface area contributed by atoms with Crippen LogP contribution in [0.1, 0.15) is 57.5 Å². The number of carbonyl (C=O) groups is 3. The molecule has 0 radical (unpaired) electrons. The fourth-order valence-electron chi connectivity index (χ4n) is 4.19. The summed E-state index contributed by atoms with van der Waals surface area (Å²) >= 11 is 0. The third-order valence-electron chi connectivity index (χ3n) is 5.97. The number of nitrogen functional groups attached to an aromatic ring is 1. The van der Waals surface area contributed by atoms with Crippen LogP contribution in [0.4, 0.5) is 23.8 Å². The third kappa shape index (κ3) is 5.17. The van der Waals surface area contributed by atoms with E-state index in [1.54, 1.807) is 0 Å². The summed E-state index contributed by atoms with van der Waals surface area (Å²) in [5.41, 5.74) is 5.00. The first-order chi connectivity index (χ1) is 17.5. The van der Waals surface area contributed by atoms with Gasteiger partial charge in [0.05, 0.1) is 11.6 Å².